The number of nitrogens with one attached hydrogen (secondary N) is 2. The Morgan fingerprint density at radius 2 is 1.75 bits per heavy atom. The van der Waals surface area contributed by atoms with Gasteiger partial charge >= 0.3 is 0 Å². The number of hydrogen-bond acceptors (Lipinski definition) is 4. The highest BCUT2D eigenvalue weighted by Gasteiger charge is 2.25. The summed E-state index contributed by atoms with van der Waals surface area (Å²) >= 11 is 0. The lowest BCUT2D eigenvalue weighted by molar-refractivity contribution is -0.119. The van der Waals surface area contributed by atoms with Gasteiger partial charge in [-0.1, -0.05) is 12.6 Å². The van der Waals surface area contributed by atoms with Crippen LogP contribution in [0.3, 0.4) is 0 Å². The molecule has 1 aromatic carbocycles. The minimum Gasteiger partial charge on any atom is -0.340 e. The topological polar surface area (TPSA) is 70.6 Å². The Morgan fingerprint density at radius 1 is 1.08 bits per heavy atom. The van der Waals surface area contributed by atoms with Gasteiger partial charge in [-0.05, 0) is 67.2 Å². The predicted molar refractivity (Wildman–Crippen MR) is 96.1 cm³/mol. The van der Waals surface area contributed by atoms with E-state index in [1.807, 2.05) is 0 Å². The number of anilines is 1. The summed E-state index contributed by atoms with van der Waals surface area (Å²) < 4.78 is 19.5. The van der Waals surface area contributed by atoms with Crippen LogP contribution in [-0.2, 0) is 40.4 Å². The zero-order chi connectivity index (χ0) is 16.7. The first-order valence-electron chi connectivity index (χ1n) is 8.72. The van der Waals surface area contributed by atoms with Gasteiger partial charge in [0, 0.05) is 12.1 Å². The van der Waals surface area contributed by atoms with Gasteiger partial charge in [-0.15, -0.1) is 0 Å². The molecule has 0 bridgehead atoms. The van der Waals surface area contributed by atoms with Gasteiger partial charge in [-0.2, -0.15) is 4.36 Å². The van der Waals surface area contributed by atoms with Gasteiger partial charge in [-0.25, -0.2) is 4.21 Å². The zero-order valence-corrected chi connectivity index (χ0v) is 14.6. The smallest absolute Gasteiger partial charge is 0.232 e. The standard InChI is InChI=1S/C18H23N3O2S/c1-12(20-24(23)10-4-9-17(22)21-24)19-18-15-7-2-5-13(15)11-14-6-3-8-16(14)18/h11,19H,1-10H2,(H,20,21,22,23). The van der Waals surface area contributed by atoms with Crippen LogP contribution in [0.5, 0.6) is 0 Å². The third-order valence-electron chi connectivity index (χ3n) is 5.10. The van der Waals surface area contributed by atoms with Crippen LogP contribution in [0.4, 0.5) is 5.69 Å². The molecule has 0 saturated carbocycles. The number of nitrogens with zero attached hydrogens (tertiary/aromatic N) is 1. The third kappa shape index (κ3) is 2.83. The maximum Gasteiger partial charge on any atom is 0.232 e. The molecule has 1 aliphatic heterocycles. The van der Waals surface area contributed by atoms with Gasteiger partial charge in [0.2, 0.25) is 5.91 Å². The molecule has 2 aliphatic carbocycles. The number of amides is 1. The SMILES string of the molecule is C=C(N=S1(=O)CCCC(=O)N1)Nc1c2c(cc3c1CCC3)CCC2. The van der Waals surface area contributed by atoms with E-state index < -0.39 is 9.92 Å². The molecule has 0 spiro atoms. The summed E-state index contributed by atoms with van der Waals surface area (Å²) in [4.78, 5) is 11.5. The second-order valence-electron chi connectivity index (χ2n) is 6.87. The molecule has 1 heterocycles. The van der Waals surface area contributed by atoms with Crippen molar-refractivity contribution < 1.29 is 9.00 Å². The van der Waals surface area contributed by atoms with E-state index in [-0.39, 0.29) is 5.91 Å². The zero-order valence-electron chi connectivity index (χ0n) is 13.8. The van der Waals surface area contributed by atoms with Gasteiger partial charge in [0.25, 0.3) is 0 Å². The summed E-state index contributed by atoms with van der Waals surface area (Å²) in [5.41, 5.74) is 6.74. The molecule has 5 nitrogen and oxygen atoms in total. The fourth-order valence-electron chi connectivity index (χ4n) is 4.09. The number of carbonyl (C=O) groups excluding carboxylic acids is 1. The van der Waals surface area contributed by atoms with E-state index in [2.05, 4.69) is 27.0 Å². The van der Waals surface area contributed by atoms with E-state index in [0.29, 0.717) is 24.4 Å². The molecular weight excluding hydrogens is 322 g/mol. The van der Waals surface area contributed by atoms with E-state index >= 15 is 0 Å². The summed E-state index contributed by atoms with van der Waals surface area (Å²) in [6.45, 7) is 3.96. The Bertz CT molecular complexity index is 818. The highest BCUT2D eigenvalue weighted by atomic mass is 32.2. The second-order valence-corrected chi connectivity index (χ2v) is 8.95. The third-order valence-corrected chi connectivity index (χ3v) is 7.00. The highest BCUT2D eigenvalue weighted by Crippen LogP contribution is 2.39. The molecule has 3 aliphatic rings. The molecular formula is C18H23N3O2S. The number of hydrogen-bond donors (Lipinski definition) is 2. The Kier molecular flexibility index (Phi) is 3.87. The number of benzene rings is 1. The van der Waals surface area contributed by atoms with Crippen LogP contribution in [0.25, 0.3) is 0 Å². The summed E-state index contributed by atoms with van der Waals surface area (Å²) in [7, 11) is -2.72. The number of aryl methyl sites for hydroxylation is 2. The van der Waals surface area contributed by atoms with E-state index in [1.54, 1.807) is 0 Å². The van der Waals surface area contributed by atoms with E-state index in [0.717, 1.165) is 31.4 Å². The van der Waals surface area contributed by atoms with Crippen molar-refractivity contribution in [2.45, 2.75) is 51.4 Å². The van der Waals surface area contributed by atoms with Crippen LogP contribution in [-0.4, -0.2) is 15.9 Å². The molecule has 1 amide bonds. The Morgan fingerprint density at radius 3 is 2.38 bits per heavy atom. The predicted octanol–water partition coefficient (Wildman–Crippen LogP) is 2.84. The van der Waals surface area contributed by atoms with Gasteiger partial charge in [-0.3, -0.25) is 9.52 Å². The van der Waals surface area contributed by atoms with Crippen molar-refractivity contribution in [1.29, 1.82) is 0 Å². The highest BCUT2D eigenvalue weighted by molar-refractivity contribution is 7.92. The molecule has 4 rings (SSSR count). The van der Waals surface area contributed by atoms with Crippen LogP contribution in [0.2, 0.25) is 0 Å². The lowest BCUT2D eigenvalue weighted by atomic mass is 9.99. The molecule has 24 heavy (non-hydrogen) atoms. The Hall–Kier alpha value is -1.82. The van der Waals surface area contributed by atoms with Crippen molar-refractivity contribution in [2.24, 2.45) is 4.36 Å². The molecule has 0 aromatic heterocycles. The normalized spacial score (nSPS) is 24.9. The van der Waals surface area contributed by atoms with Crippen molar-refractivity contribution in [3.05, 3.63) is 40.7 Å². The van der Waals surface area contributed by atoms with E-state index in [9.17, 15) is 9.00 Å². The molecule has 1 unspecified atom stereocenters. The molecule has 128 valence electrons. The van der Waals surface area contributed by atoms with Gasteiger partial charge in [0.05, 0.1) is 5.75 Å². The van der Waals surface area contributed by atoms with Crippen LogP contribution >= 0.6 is 0 Å². The maximum atomic E-state index is 12.7. The molecule has 1 fully saturated rings. The summed E-state index contributed by atoms with van der Waals surface area (Å²) in [5.74, 6) is 0.589. The van der Waals surface area contributed by atoms with Crippen molar-refractivity contribution in [1.82, 2.24) is 4.72 Å². The maximum absolute atomic E-state index is 12.7. The Labute approximate surface area is 143 Å². The molecule has 0 radical (unpaired) electrons. The summed E-state index contributed by atoms with van der Waals surface area (Å²) in [6, 6.07) is 2.37. The molecule has 1 atom stereocenters. The first kappa shape index (κ1) is 15.7. The number of carbonyl (C=O) groups is 1. The first-order chi connectivity index (χ1) is 11.5. The number of fused-ring (bicyclic) bond motifs is 2. The Balaban J connectivity index is 1.66. The quantitative estimate of drug-likeness (QED) is 0.885. The monoisotopic (exact) mass is 345 g/mol. The summed E-state index contributed by atoms with van der Waals surface area (Å²) in [5, 5.41) is 3.34. The molecule has 2 N–H and O–H groups in total. The largest absolute Gasteiger partial charge is 0.340 e. The average molecular weight is 345 g/mol. The van der Waals surface area contributed by atoms with Crippen molar-refractivity contribution in [3.63, 3.8) is 0 Å². The van der Waals surface area contributed by atoms with Crippen molar-refractivity contribution >= 4 is 21.5 Å². The molecule has 1 aromatic rings. The van der Waals surface area contributed by atoms with Crippen LogP contribution < -0.4 is 10.0 Å². The minimum atomic E-state index is -2.72. The van der Waals surface area contributed by atoms with E-state index in [1.165, 1.54) is 35.1 Å². The van der Waals surface area contributed by atoms with Crippen LogP contribution in [0, 0.1) is 0 Å². The van der Waals surface area contributed by atoms with E-state index in [4.69, 9.17) is 0 Å². The molecule has 6 heteroatoms. The van der Waals surface area contributed by atoms with Crippen molar-refractivity contribution in [2.75, 3.05) is 11.1 Å². The number of rotatable bonds is 3. The summed E-state index contributed by atoms with van der Waals surface area (Å²) in [6.07, 6.45) is 7.81. The fourth-order valence-corrected chi connectivity index (χ4v) is 5.72. The molecule has 1 saturated heterocycles. The van der Waals surface area contributed by atoms with Gasteiger partial charge in [0.1, 0.15) is 15.7 Å². The average Bonchev–Trinajstić information content (AvgIpc) is 3.14. The van der Waals surface area contributed by atoms with Gasteiger partial charge in [0.15, 0.2) is 0 Å². The minimum absolute atomic E-state index is 0.190. The van der Waals surface area contributed by atoms with Crippen LogP contribution in [0.1, 0.15) is 47.9 Å². The van der Waals surface area contributed by atoms with Crippen LogP contribution in [0.15, 0.2) is 22.8 Å². The lowest BCUT2D eigenvalue weighted by Crippen LogP contribution is -2.37. The van der Waals surface area contributed by atoms with Gasteiger partial charge < -0.3 is 5.32 Å². The lowest BCUT2D eigenvalue weighted by Gasteiger charge is -2.19. The second kappa shape index (κ2) is 5.92. The van der Waals surface area contributed by atoms with Crippen molar-refractivity contribution in [3.8, 4) is 0 Å². The fraction of sp³-hybridized carbons (Fsp3) is 0.500. The first-order valence-corrected chi connectivity index (χ1v) is 10.4.